The molecule has 3 N–H and O–H groups in total. The molecule has 0 spiro atoms. The first-order valence-electron chi connectivity index (χ1n) is 6.79. The predicted molar refractivity (Wildman–Crippen MR) is 79.8 cm³/mol. The predicted octanol–water partition coefficient (Wildman–Crippen LogP) is 1.48. The molecule has 0 fully saturated rings. The second-order valence-electron chi connectivity index (χ2n) is 4.98. The van der Waals surface area contributed by atoms with Crippen LogP contribution in [0.5, 0.6) is 0 Å². The molecule has 114 valence electrons. The van der Waals surface area contributed by atoms with E-state index in [1.165, 1.54) is 0 Å². The van der Waals surface area contributed by atoms with Crippen LogP contribution in [-0.4, -0.2) is 27.7 Å². The lowest BCUT2D eigenvalue weighted by Crippen LogP contribution is -2.41. The van der Waals surface area contributed by atoms with Crippen LogP contribution in [0.1, 0.15) is 26.3 Å². The SMILES string of the molecule is CCOCC(NS(=O)(=O)c1cccc(CN)c1)C(C)C. The first-order valence-corrected chi connectivity index (χ1v) is 8.28. The van der Waals surface area contributed by atoms with Gasteiger partial charge in [0.15, 0.2) is 0 Å². The number of nitrogens with one attached hydrogen (secondary N) is 1. The Morgan fingerprint density at radius 2 is 2.05 bits per heavy atom. The summed E-state index contributed by atoms with van der Waals surface area (Å²) in [7, 11) is -3.55. The summed E-state index contributed by atoms with van der Waals surface area (Å²) in [4.78, 5) is 0.239. The number of benzene rings is 1. The third kappa shape index (κ3) is 4.86. The summed E-state index contributed by atoms with van der Waals surface area (Å²) in [5.41, 5.74) is 6.33. The molecule has 5 nitrogen and oxygen atoms in total. The molecule has 0 aliphatic carbocycles. The average Bonchev–Trinajstić information content (AvgIpc) is 2.43. The normalized spacial score (nSPS) is 13.7. The molecule has 0 heterocycles. The highest BCUT2D eigenvalue weighted by molar-refractivity contribution is 7.89. The first-order chi connectivity index (χ1) is 9.40. The van der Waals surface area contributed by atoms with Crippen LogP contribution in [0.15, 0.2) is 29.2 Å². The number of rotatable bonds is 8. The Balaban J connectivity index is 2.91. The van der Waals surface area contributed by atoms with Crippen molar-refractivity contribution in [3.8, 4) is 0 Å². The van der Waals surface area contributed by atoms with Crippen LogP contribution >= 0.6 is 0 Å². The van der Waals surface area contributed by atoms with Gasteiger partial charge in [0.25, 0.3) is 0 Å². The van der Waals surface area contributed by atoms with Crippen LogP contribution in [0.3, 0.4) is 0 Å². The zero-order chi connectivity index (χ0) is 15.2. The largest absolute Gasteiger partial charge is 0.380 e. The van der Waals surface area contributed by atoms with Crippen molar-refractivity contribution in [2.45, 2.75) is 38.3 Å². The Hall–Kier alpha value is -0.950. The van der Waals surface area contributed by atoms with E-state index in [2.05, 4.69) is 4.72 Å². The first kappa shape index (κ1) is 17.1. The fraction of sp³-hybridized carbons (Fsp3) is 0.571. The van der Waals surface area contributed by atoms with Crippen molar-refractivity contribution in [1.29, 1.82) is 0 Å². The van der Waals surface area contributed by atoms with Crippen LogP contribution in [0.2, 0.25) is 0 Å². The maximum absolute atomic E-state index is 12.4. The van der Waals surface area contributed by atoms with E-state index in [4.69, 9.17) is 10.5 Å². The molecule has 0 aliphatic heterocycles. The standard InChI is InChI=1S/C14H24N2O3S/c1-4-19-10-14(11(2)3)16-20(17,18)13-7-5-6-12(8-13)9-15/h5-8,11,14,16H,4,9-10,15H2,1-3H3. The molecule has 0 bridgehead atoms. The average molecular weight is 300 g/mol. The fourth-order valence-electron chi connectivity index (χ4n) is 1.71. The highest BCUT2D eigenvalue weighted by Crippen LogP contribution is 2.14. The summed E-state index contributed by atoms with van der Waals surface area (Å²) in [6.07, 6.45) is 0. The molecule has 0 saturated heterocycles. The van der Waals surface area contributed by atoms with E-state index in [0.717, 1.165) is 5.56 Å². The van der Waals surface area contributed by atoms with E-state index in [0.29, 0.717) is 19.8 Å². The molecule has 1 aromatic carbocycles. The molecular formula is C14H24N2O3S. The molecular weight excluding hydrogens is 276 g/mol. The molecule has 1 aromatic rings. The van der Waals surface area contributed by atoms with E-state index in [-0.39, 0.29) is 16.9 Å². The van der Waals surface area contributed by atoms with Gasteiger partial charge in [-0.25, -0.2) is 13.1 Å². The molecule has 6 heteroatoms. The van der Waals surface area contributed by atoms with E-state index < -0.39 is 10.0 Å². The van der Waals surface area contributed by atoms with Crippen LogP contribution in [-0.2, 0) is 21.3 Å². The molecule has 0 amide bonds. The Labute approximate surface area is 121 Å². The molecule has 1 atom stereocenters. The van der Waals surface area contributed by atoms with E-state index in [9.17, 15) is 8.42 Å². The zero-order valence-corrected chi connectivity index (χ0v) is 13.1. The lowest BCUT2D eigenvalue weighted by Gasteiger charge is -2.22. The molecule has 0 saturated carbocycles. The minimum Gasteiger partial charge on any atom is -0.380 e. The van der Waals surface area contributed by atoms with Gasteiger partial charge in [-0.3, -0.25) is 0 Å². The Kier molecular flexibility index (Phi) is 6.61. The van der Waals surface area contributed by atoms with Crippen molar-refractivity contribution in [1.82, 2.24) is 4.72 Å². The van der Waals surface area contributed by atoms with E-state index in [1.54, 1.807) is 24.3 Å². The quantitative estimate of drug-likeness (QED) is 0.762. The monoisotopic (exact) mass is 300 g/mol. The van der Waals surface area contributed by atoms with Gasteiger partial charge in [0.1, 0.15) is 0 Å². The third-order valence-corrected chi connectivity index (χ3v) is 4.54. The van der Waals surface area contributed by atoms with Crippen molar-refractivity contribution < 1.29 is 13.2 Å². The fourth-order valence-corrected chi connectivity index (χ4v) is 3.15. The molecule has 0 aliphatic rings. The van der Waals surface area contributed by atoms with Crippen LogP contribution in [0.4, 0.5) is 0 Å². The number of sulfonamides is 1. The molecule has 1 unspecified atom stereocenters. The lowest BCUT2D eigenvalue weighted by atomic mass is 10.1. The molecule has 20 heavy (non-hydrogen) atoms. The van der Waals surface area contributed by atoms with Gasteiger partial charge in [-0.1, -0.05) is 26.0 Å². The smallest absolute Gasteiger partial charge is 0.240 e. The number of hydrogen-bond donors (Lipinski definition) is 2. The van der Waals surface area contributed by atoms with Gasteiger partial charge in [-0.2, -0.15) is 0 Å². The second-order valence-corrected chi connectivity index (χ2v) is 6.70. The Morgan fingerprint density at radius 3 is 2.60 bits per heavy atom. The molecule has 0 radical (unpaired) electrons. The van der Waals surface area contributed by atoms with E-state index >= 15 is 0 Å². The minimum absolute atomic E-state index is 0.147. The van der Waals surface area contributed by atoms with Crippen molar-refractivity contribution >= 4 is 10.0 Å². The summed E-state index contributed by atoms with van der Waals surface area (Å²) in [5, 5.41) is 0. The summed E-state index contributed by atoms with van der Waals surface area (Å²) in [6, 6.07) is 6.42. The summed E-state index contributed by atoms with van der Waals surface area (Å²) < 4.78 is 32.8. The zero-order valence-electron chi connectivity index (χ0n) is 12.3. The Morgan fingerprint density at radius 1 is 1.35 bits per heavy atom. The van der Waals surface area contributed by atoms with E-state index in [1.807, 2.05) is 20.8 Å². The van der Waals surface area contributed by atoms with Gasteiger partial charge in [-0.15, -0.1) is 0 Å². The second kappa shape index (κ2) is 7.73. The summed E-state index contributed by atoms with van der Waals surface area (Å²) in [6.45, 7) is 7.05. The number of nitrogens with two attached hydrogens (primary N) is 1. The highest BCUT2D eigenvalue weighted by Gasteiger charge is 2.22. The van der Waals surface area contributed by atoms with Crippen LogP contribution in [0.25, 0.3) is 0 Å². The maximum Gasteiger partial charge on any atom is 0.240 e. The lowest BCUT2D eigenvalue weighted by molar-refractivity contribution is 0.116. The van der Waals surface area contributed by atoms with Crippen molar-refractivity contribution in [3.63, 3.8) is 0 Å². The Bertz CT molecular complexity index is 515. The van der Waals surface area contributed by atoms with Gasteiger partial charge in [0.05, 0.1) is 11.5 Å². The van der Waals surface area contributed by atoms with Crippen molar-refractivity contribution in [2.75, 3.05) is 13.2 Å². The third-order valence-electron chi connectivity index (χ3n) is 3.06. The van der Waals surface area contributed by atoms with Crippen molar-refractivity contribution in [2.24, 2.45) is 11.7 Å². The number of hydrogen-bond acceptors (Lipinski definition) is 4. The summed E-state index contributed by atoms with van der Waals surface area (Å²) >= 11 is 0. The van der Waals surface area contributed by atoms with Crippen LogP contribution in [0, 0.1) is 5.92 Å². The van der Waals surface area contributed by atoms with Crippen molar-refractivity contribution in [3.05, 3.63) is 29.8 Å². The minimum atomic E-state index is -3.55. The highest BCUT2D eigenvalue weighted by atomic mass is 32.2. The van der Waals surface area contributed by atoms with Gasteiger partial charge in [0, 0.05) is 19.2 Å². The van der Waals surface area contributed by atoms with Crippen LogP contribution < -0.4 is 10.5 Å². The summed E-state index contributed by atoms with van der Waals surface area (Å²) in [5.74, 6) is 0.147. The van der Waals surface area contributed by atoms with Gasteiger partial charge >= 0.3 is 0 Å². The topological polar surface area (TPSA) is 81.4 Å². The molecule has 0 aromatic heterocycles. The number of ether oxygens (including phenoxy) is 1. The van der Waals surface area contributed by atoms with Gasteiger partial charge < -0.3 is 10.5 Å². The maximum atomic E-state index is 12.4. The molecule has 1 rings (SSSR count). The van der Waals surface area contributed by atoms with Gasteiger partial charge in [-0.05, 0) is 30.5 Å². The van der Waals surface area contributed by atoms with Gasteiger partial charge in [0.2, 0.25) is 10.0 Å².